The Morgan fingerprint density at radius 2 is 1.67 bits per heavy atom. The normalized spacial score (nSPS) is 24.8. The van der Waals surface area contributed by atoms with Crippen LogP contribution in [0.4, 0.5) is 5.69 Å². The van der Waals surface area contributed by atoms with Crippen molar-refractivity contribution in [2.75, 3.05) is 64.4 Å². The molecule has 1 atom stereocenters. The Morgan fingerprint density at radius 1 is 0.967 bits per heavy atom. The van der Waals surface area contributed by atoms with Crippen LogP contribution >= 0.6 is 0 Å². The Bertz CT molecular complexity index is 681. The van der Waals surface area contributed by atoms with Crippen LogP contribution in [0.3, 0.4) is 0 Å². The van der Waals surface area contributed by atoms with Gasteiger partial charge in [0.05, 0.1) is 13.7 Å². The first-order valence-corrected chi connectivity index (χ1v) is 11.8. The molecule has 1 saturated carbocycles. The Balaban J connectivity index is 1.23. The number of methoxy groups -OCH3 is 1. The first kappa shape index (κ1) is 21.4. The fraction of sp³-hybridized carbons (Fsp3) is 0.708. The number of carbonyl (C=O) groups is 1. The summed E-state index contributed by atoms with van der Waals surface area (Å²) in [5.74, 6) is 1.20. The van der Waals surface area contributed by atoms with Gasteiger partial charge >= 0.3 is 0 Å². The highest BCUT2D eigenvalue weighted by molar-refractivity contribution is 5.78. The SMILES string of the molecule is COc1ccc(N2CCN(CC(=O)N3CCN(C4CCCCC4)CC3)CC2C)cc1. The molecule has 1 aliphatic carbocycles. The maximum absolute atomic E-state index is 12.9. The Kier molecular flexibility index (Phi) is 7.16. The number of anilines is 1. The second-order valence-electron chi connectivity index (χ2n) is 9.18. The lowest BCUT2D eigenvalue weighted by atomic mass is 9.94. The number of benzene rings is 1. The molecule has 2 saturated heterocycles. The lowest BCUT2D eigenvalue weighted by molar-refractivity contribution is -0.134. The molecular weight excluding hydrogens is 376 g/mol. The summed E-state index contributed by atoms with van der Waals surface area (Å²) in [7, 11) is 1.70. The minimum atomic E-state index is 0.309. The topological polar surface area (TPSA) is 39.3 Å². The second kappa shape index (κ2) is 10.0. The summed E-state index contributed by atoms with van der Waals surface area (Å²) in [5.41, 5.74) is 1.23. The quantitative estimate of drug-likeness (QED) is 0.741. The van der Waals surface area contributed by atoms with E-state index in [1.807, 2.05) is 12.1 Å². The van der Waals surface area contributed by atoms with Crippen LogP contribution in [0.25, 0.3) is 0 Å². The van der Waals surface area contributed by atoms with Crippen LogP contribution in [0.1, 0.15) is 39.0 Å². The van der Waals surface area contributed by atoms with Crippen molar-refractivity contribution >= 4 is 11.6 Å². The first-order chi connectivity index (χ1) is 14.6. The Morgan fingerprint density at radius 3 is 2.30 bits per heavy atom. The molecule has 0 spiro atoms. The van der Waals surface area contributed by atoms with Crippen LogP contribution in [0.15, 0.2) is 24.3 Å². The largest absolute Gasteiger partial charge is 0.497 e. The van der Waals surface area contributed by atoms with Gasteiger partial charge in [0.2, 0.25) is 5.91 Å². The van der Waals surface area contributed by atoms with E-state index in [0.29, 0.717) is 18.5 Å². The van der Waals surface area contributed by atoms with Gasteiger partial charge in [0.1, 0.15) is 5.75 Å². The number of hydrogen-bond donors (Lipinski definition) is 0. The second-order valence-corrected chi connectivity index (χ2v) is 9.18. The molecule has 30 heavy (non-hydrogen) atoms. The first-order valence-electron chi connectivity index (χ1n) is 11.8. The van der Waals surface area contributed by atoms with Crippen molar-refractivity contribution in [2.45, 2.75) is 51.1 Å². The summed E-state index contributed by atoms with van der Waals surface area (Å²) in [4.78, 5) is 22.4. The number of hydrogen-bond acceptors (Lipinski definition) is 5. The molecule has 1 amide bonds. The van der Waals surface area contributed by atoms with E-state index in [9.17, 15) is 4.79 Å². The van der Waals surface area contributed by atoms with Gasteiger partial charge in [-0.2, -0.15) is 0 Å². The summed E-state index contributed by atoms with van der Waals surface area (Å²) in [5, 5.41) is 0. The minimum absolute atomic E-state index is 0.309. The highest BCUT2D eigenvalue weighted by Gasteiger charge is 2.29. The van der Waals surface area contributed by atoms with Crippen LogP contribution in [-0.2, 0) is 4.79 Å². The van der Waals surface area contributed by atoms with Crippen molar-refractivity contribution in [3.05, 3.63) is 24.3 Å². The molecule has 166 valence electrons. The van der Waals surface area contributed by atoms with Gasteiger partial charge < -0.3 is 14.5 Å². The zero-order chi connectivity index (χ0) is 20.9. The van der Waals surface area contributed by atoms with Crippen molar-refractivity contribution < 1.29 is 9.53 Å². The zero-order valence-electron chi connectivity index (χ0n) is 18.8. The maximum Gasteiger partial charge on any atom is 0.236 e. The van der Waals surface area contributed by atoms with Crippen molar-refractivity contribution in [1.29, 1.82) is 0 Å². The molecule has 2 aliphatic heterocycles. The molecule has 2 heterocycles. The predicted octanol–water partition coefficient (Wildman–Crippen LogP) is 2.68. The van der Waals surface area contributed by atoms with Crippen LogP contribution in [0, 0.1) is 0 Å². The van der Waals surface area contributed by atoms with Crippen molar-refractivity contribution in [2.24, 2.45) is 0 Å². The molecule has 0 N–H and O–H groups in total. The van der Waals surface area contributed by atoms with Crippen molar-refractivity contribution in [3.8, 4) is 5.75 Å². The third-order valence-electron chi connectivity index (χ3n) is 7.23. The van der Waals surface area contributed by atoms with E-state index in [1.54, 1.807) is 7.11 Å². The summed E-state index contributed by atoms with van der Waals surface area (Å²) < 4.78 is 5.27. The number of piperazine rings is 2. The summed E-state index contributed by atoms with van der Waals surface area (Å²) in [6.45, 7) is 9.54. The molecular formula is C24H38N4O2. The van der Waals surface area contributed by atoms with Crippen molar-refractivity contribution in [3.63, 3.8) is 0 Å². The van der Waals surface area contributed by atoms with Gasteiger partial charge in [0.15, 0.2) is 0 Å². The summed E-state index contributed by atoms with van der Waals surface area (Å²) in [6.07, 6.45) is 6.86. The van der Waals surface area contributed by atoms with Gasteiger partial charge in [0.25, 0.3) is 0 Å². The summed E-state index contributed by atoms with van der Waals surface area (Å²) >= 11 is 0. The average molecular weight is 415 g/mol. The molecule has 1 unspecified atom stereocenters. The van der Waals surface area contributed by atoms with Gasteiger partial charge in [-0.15, -0.1) is 0 Å². The van der Waals surface area contributed by atoms with Crippen LogP contribution in [-0.4, -0.2) is 92.2 Å². The lowest BCUT2D eigenvalue weighted by Crippen LogP contribution is -2.57. The maximum atomic E-state index is 12.9. The molecule has 1 aromatic rings. The summed E-state index contributed by atoms with van der Waals surface area (Å²) in [6, 6.07) is 9.45. The van der Waals surface area contributed by atoms with E-state index >= 15 is 0 Å². The number of rotatable bonds is 5. The number of amides is 1. The average Bonchev–Trinajstić information content (AvgIpc) is 2.80. The lowest BCUT2D eigenvalue weighted by Gasteiger charge is -2.43. The van der Waals surface area contributed by atoms with Gasteiger partial charge in [-0.25, -0.2) is 0 Å². The van der Waals surface area contributed by atoms with Crippen molar-refractivity contribution in [1.82, 2.24) is 14.7 Å². The molecule has 0 radical (unpaired) electrons. The van der Waals surface area contributed by atoms with E-state index in [-0.39, 0.29) is 0 Å². The van der Waals surface area contributed by atoms with Gasteiger partial charge in [-0.05, 0) is 44.0 Å². The monoisotopic (exact) mass is 414 g/mol. The predicted molar refractivity (Wildman–Crippen MR) is 121 cm³/mol. The zero-order valence-corrected chi connectivity index (χ0v) is 18.8. The van der Waals surface area contributed by atoms with Crippen LogP contribution in [0.2, 0.25) is 0 Å². The van der Waals surface area contributed by atoms with Crippen LogP contribution < -0.4 is 9.64 Å². The Hall–Kier alpha value is -1.79. The molecule has 1 aromatic carbocycles. The minimum Gasteiger partial charge on any atom is -0.497 e. The van der Waals surface area contributed by atoms with E-state index in [0.717, 1.165) is 57.6 Å². The molecule has 4 rings (SSSR count). The van der Waals surface area contributed by atoms with Gasteiger partial charge in [0, 0.05) is 63.6 Å². The highest BCUT2D eigenvalue weighted by atomic mass is 16.5. The molecule has 6 heteroatoms. The van der Waals surface area contributed by atoms with Gasteiger partial charge in [-0.1, -0.05) is 19.3 Å². The van der Waals surface area contributed by atoms with E-state index in [1.165, 1.54) is 37.8 Å². The third-order valence-corrected chi connectivity index (χ3v) is 7.23. The number of ether oxygens (including phenoxy) is 1. The number of carbonyl (C=O) groups excluding carboxylic acids is 1. The van der Waals surface area contributed by atoms with Crippen LogP contribution in [0.5, 0.6) is 5.75 Å². The molecule has 0 aromatic heterocycles. The highest BCUT2D eigenvalue weighted by Crippen LogP contribution is 2.25. The van der Waals surface area contributed by atoms with E-state index in [2.05, 4.69) is 38.7 Å². The number of nitrogens with zero attached hydrogens (tertiary/aromatic N) is 4. The fourth-order valence-corrected chi connectivity index (χ4v) is 5.41. The Labute approximate surface area is 181 Å². The van der Waals surface area contributed by atoms with E-state index in [4.69, 9.17) is 4.74 Å². The van der Waals surface area contributed by atoms with Gasteiger partial charge in [-0.3, -0.25) is 14.6 Å². The third kappa shape index (κ3) is 5.09. The molecule has 3 aliphatic rings. The standard InChI is InChI=1S/C24H38N4O2/c1-20-18-25(12-17-28(20)22-8-10-23(30-2)11-9-22)19-24(29)27-15-13-26(14-16-27)21-6-4-3-5-7-21/h8-11,20-21H,3-7,12-19H2,1-2H3. The molecule has 0 bridgehead atoms. The smallest absolute Gasteiger partial charge is 0.236 e. The molecule has 6 nitrogen and oxygen atoms in total. The fourth-order valence-electron chi connectivity index (χ4n) is 5.41. The molecule has 3 fully saturated rings. The van der Waals surface area contributed by atoms with E-state index < -0.39 is 0 Å².